The van der Waals surface area contributed by atoms with Gasteiger partial charge in [0.15, 0.2) is 6.29 Å². The summed E-state index contributed by atoms with van der Waals surface area (Å²) in [5.41, 5.74) is 1.65. The second-order valence-electron chi connectivity index (χ2n) is 2.81. The maximum Gasteiger partial charge on any atom is 0.151 e. The van der Waals surface area contributed by atoms with Crippen LogP contribution in [0.3, 0.4) is 0 Å². The fraction of sp³-hybridized carbons (Fsp3) is 0.100. The number of nitrogens with one attached hydrogen (secondary N) is 1. The number of furan rings is 1. The summed E-state index contributed by atoms with van der Waals surface area (Å²) < 4.78 is 5.18. The summed E-state index contributed by atoms with van der Waals surface area (Å²) in [5, 5.41) is 0. The Hall–Kier alpha value is -1.77. The molecule has 2 heterocycles. The highest BCUT2D eigenvalue weighted by atomic mass is 16.3. The van der Waals surface area contributed by atoms with Crippen molar-refractivity contribution in [1.82, 2.24) is 4.98 Å². The molecule has 0 saturated carbocycles. The lowest BCUT2D eigenvalue weighted by Crippen LogP contribution is -1.87. The van der Waals surface area contributed by atoms with Gasteiger partial charge in [-0.1, -0.05) is 0 Å². The molecule has 0 spiro atoms. The number of H-pyrrole nitrogens is 1. The van der Waals surface area contributed by atoms with Crippen molar-refractivity contribution in [1.29, 1.82) is 0 Å². The summed E-state index contributed by atoms with van der Waals surface area (Å²) in [6, 6.07) is 3.73. The van der Waals surface area contributed by atoms with E-state index in [2.05, 4.69) is 4.98 Å². The Kier molecular flexibility index (Phi) is 2.00. The van der Waals surface area contributed by atoms with Crippen molar-refractivity contribution in [3.63, 3.8) is 0 Å². The monoisotopic (exact) mass is 175 g/mol. The van der Waals surface area contributed by atoms with Crippen molar-refractivity contribution in [2.45, 2.75) is 6.42 Å². The smallest absolute Gasteiger partial charge is 0.151 e. The standard InChI is InChI=1S/C10H9NO2/c12-7-9-6-11-5-8(9)4-10-2-1-3-13-10/h1-3,5-7,11H,4H2. The van der Waals surface area contributed by atoms with E-state index in [1.807, 2.05) is 18.3 Å². The minimum absolute atomic E-state index is 0.657. The van der Waals surface area contributed by atoms with Crippen LogP contribution < -0.4 is 0 Å². The topological polar surface area (TPSA) is 46.0 Å². The minimum atomic E-state index is 0.657. The SMILES string of the molecule is O=Cc1c[nH]cc1Cc1ccco1. The molecule has 0 saturated heterocycles. The molecule has 0 fully saturated rings. The lowest BCUT2D eigenvalue weighted by Gasteiger charge is -1.93. The van der Waals surface area contributed by atoms with E-state index in [1.165, 1.54) is 0 Å². The van der Waals surface area contributed by atoms with Crippen molar-refractivity contribution in [2.75, 3.05) is 0 Å². The zero-order valence-electron chi connectivity index (χ0n) is 6.99. The van der Waals surface area contributed by atoms with Gasteiger partial charge in [0.1, 0.15) is 5.76 Å². The first-order valence-corrected chi connectivity index (χ1v) is 4.03. The molecule has 0 aliphatic carbocycles. The summed E-state index contributed by atoms with van der Waals surface area (Å²) in [7, 11) is 0. The second-order valence-corrected chi connectivity index (χ2v) is 2.81. The van der Waals surface area contributed by atoms with E-state index in [1.54, 1.807) is 12.5 Å². The van der Waals surface area contributed by atoms with Gasteiger partial charge < -0.3 is 9.40 Å². The number of hydrogen-bond acceptors (Lipinski definition) is 2. The highest BCUT2D eigenvalue weighted by Gasteiger charge is 2.04. The van der Waals surface area contributed by atoms with E-state index in [4.69, 9.17) is 4.42 Å². The maximum atomic E-state index is 10.6. The largest absolute Gasteiger partial charge is 0.469 e. The minimum Gasteiger partial charge on any atom is -0.469 e. The molecule has 0 aromatic carbocycles. The molecule has 3 nitrogen and oxygen atoms in total. The first-order chi connectivity index (χ1) is 6.40. The normalized spacial score (nSPS) is 10.2. The van der Waals surface area contributed by atoms with E-state index in [0.29, 0.717) is 12.0 Å². The summed E-state index contributed by atoms with van der Waals surface area (Å²) in [6.45, 7) is 0. The van der Waals surface area contributed by atoms with Gasteiger partial charge in [0, 0.05) is 24.4 Å². The average molecular weight is 175 g/mol. The Morgan fingerprint density at radius 2 is 2.38 bits per heavy atom. The van der Waals surface area contributed by atoms with Gasteiger partial charge in [0.25, 0.3) is 0 Å². The summed E-state index contributed by atoms with van der Waals surface area (Å²) in [5.74, 6) is 0.864. The third-order valence-electron chi connectivity index (χ3n) is 1.94. The number of aldehydes is 1. The van der Waals surface area contributed by atoms with Crippen LogP contribution in [0.4, 0.5) is 0 Å². The molecule has 0 aliphatic heterocycles. The molecule has 0 radical (unpaired) electrons. The molecule has 66 valence electrons. The van der Waals surface area contributed by atoms with E-state index >= 15 is 0 Å². The van der Waals surface area contributed by atoms with E-state index in [9.17, 15) is 4.79 Å². The highest BCUT2D eigenvalue weighted by molar-refractivity contribution is 5.76. The van der Waals surface area contributed by atoms with E-state index < -0.39 is 0 Å². The van der Waals surface area contributed by atoms with Crippen molar-refractivity contribution < 1.29 is 9.21 Å². The fourth-order valence-electron chi connectivity index (χ4n) is 1.27. The summed E-state index contributed by atoms with van der Waals surface area (Å²) in [4.78, 5) is 13.5. The van der Waals surface area contributed by atoms with Crippen LogP contribution in [-0.4, -0.2) is 11.3 Å². The van der Waals surface area contributed by atoms with Crippen LogP contribution in [0.5, 0.6) is 0 Å². The van der Waals surface area contributed by atoms with Crippen molar-refractivity contribution in [3.8, 4) is 0 Å². The molecule has 3 heteroatoms. The molecule has 0 amide bonds. The quantitative estimate of drug-likeness (QED) is 0.725. The number of aromatic nitrogens is 1. The first-order valence-electron chi connectivity index (χ1n) is 4.03. The first kappa shape index (κ1) is 7.86. The van der Waals surface area contributed by atoms with Crippen LogP contribution in [-0.2, 0) is 6.42 Å². The van der Waals surface area contributed by atoms with Gasteiger partial charge >= 0.3 is 0 Å². The molecule has 13 heavy (non-hydrogen) atoms. The number of rotatable bonds is 3. The van der Waals surface area contributed by atoms with Crippen LogP contribution in [0.15, 0.2) is 35.2 Å². The van der Waals surface area contributed by atoms with Crippen LogP contribution in [0, 0.1) is 0 Å². The van der Waals surface area contributed by atoms with E-state index in [-0.39, 0.29) is 0 Å². The third kappa shape index (κ3) is 1.54. The summed E-state index contributed by atoms with van der Waals surface area (Å²) in [6.07, 6.45) is 6.62. The Labute approximate surface area is 75.4 Å². The fourth-order valence-corrected chi connectivity index (χ4v) is 1.27. The predicted molar refractivity (Wildman–Crippen MR) is 47.7 cm³/mol. The molecule has 0 aliphatic rings. The van der Waals surface area contributed by atoms with Crippen LogP contribution in [0.25, 0.3) is 0 Å². The maximum absolute atomic E-state index is 10.6. The number of aromatic amines is 1. The average Bonchev–Trinajstić information content (AvgIpc) is 2.76. The van der Waals surface area contributed by atoms with Crippen LogP contribution in [0.1, 0.15) is 21.7 Å². The lowest BCUT2D eigenvalue weighted by atomic mass is 10.1. The van der Waals surface area contributed by atoms with Gasteiger partial charge in [0.2, 0.25) is 0 Å². The molecular formula is C10H9NO2. The Balaban J connectivity index is 2.23. The van der Waals surface area contributed by atoms with Crippen molar-refractivity contribution in [2.24, 2.45) is 0 Å². The van der Waals surface area contributed by atoms with Gasteiger partial charge in [-0.25, -0.2) is 0 Å². The highest BCUT2D eigenvalue weighted by Crippen LogP contribution is 2.12. The van der Waals surface area contributed by atoms with Gasteiger partial charge in [-0.05, 0) is 17.7 Å². The Morgan fingerprint density at radius 1 is 1.46 bits per heavy atom. The zero-order valence-corrected chi connectivity index (χ0v) is 6.99. The van der Waals surface area contributed by atoms with Gasteiger partial charge in [-0.2, -0.15) is 0 Å². The van der Waals surface area contributed by atoms with Crippen molar-refractivity contribution in [3.05, 3.63) is 47.7 Å². The molecular weight excluding hydrogens is 166 g/mol. The molecule has 2 aromatic heterocycles. The Bertz CT molecular complexity index is 387. The number of hydrogen-bond donors (Lipinski definition) is 1. The molecule has 2 rings (SSSR count). The van der Waals surface area contributed by atoms with Crippen LogP contribution >= 0.6 is 0 Å². The molecule has 0 unspecified atom stereocenters. The predicted octanol–water partition coefficient (Wildman–Crippen LogP) is 2.01. The molecule has 2 aromatic rings. The number of carbonyl (C=O) groups excluding carboxylic acids is 1. The zero-order chi connectivity index (χ0) is 9.10. The van der Waals surface area contributed by atoms with Gasteiger partial charge in [0.05, 0.1) is 6.26 Å². The Morgan fingerprint density at radius 3 is 3.08 bits per heavy atom. The van der Waals surface area contributed by atoms with Crippen LogP contribution in [0.2, 0.25) is 0 Å². The lowest BCUT2D eigenvalue weighted by molar-refractivity contribution is 0.112. The van der Waals surface area contributed by atoms with Gasteiger partial charge in [-0.15, -0.1) is 0 Å². The summed E-state index contributed by atoms with van der Waals surface area (Å²) >= 11 is 0. The molecule has 0 bridgehead atoms. The number of carbonyl (C=O) groups is 1. The molecule has 0 atom stereocenters. The second kappa shape index (κ2) is 3.31. The van der Waals surface area contributed by atoms with Gasteiger partial charge in [-0.3, -0.25) is 4.79 Å². The third-order valence-corrected chi connectivity index (χ3v) is 1.94. The van der Waals surface area contributed by atoms with E-state index in [0.717, 1.165) is 17.6 Å². The van der Waals surface area contributed by atoms with Crippen molar-refractivity contribution >= 4 is 6.29 Å². The molecule has 1 N–H and O–H groups in total.